The molecule has 0 radical (unpaired) electrons. The van der Waals surface area contributed by atoms with Crippen molar-refractivity contribution in [3.05, 3.63) is 83.6 Å². The van der Waals surface area contributed by atoms with Crippen molar-refractivity contribution in [3.8, 4) is 22.6 Å². The number of phenols is 2. The number of aromatic hydroxyl groups is 2. The largest absolute Gasteiger partial charge is 0.508 e. The molecule has 4 aromatic rings. The van der Waals surface area contributed by atoms with Gasteiger partial charge in [-0.15, -0.1) is 0 Å². The summed E-state index contributed by atoms with van der Waals surface area (Å²) in [5.41, 5.74) is 2.90. The number of furan rings is 1. The Morgan fingerprint density at radius 1 is 0.931 bits per heavy atom. The average molecular weight is 388 g/mol. The number of aryl methyl sites for hydroxylation is 1. The van der Waals surface area contributed by atoms with E-state index >= 15 is 0 Å². The lowest BCUT2D eigenvalue weighted by molar-refractivity contribution is 0.101. The third kappa shape index (κ3) is 3.60. The predicted octanol–water partition coefficient (Wildman–Crippen LogP) is 4.67. The van der Waals surface area contributed by atoms with Crippen LogP contribution < -0.4 is 0 Å². The normalized spacial score (nSPS) is 11.1. The van der Waals surface area contributed by atoms with Crippen LogP contribution in [0.3, 0.4) is 0 Å². The molecule has 0 amide bonds. The molecule has 4 rings (SSSR count). The number of benzene rings is 3. The van der Waals surface area contributed by atoms with Gasteiger partial charge in [-0.25, -0.2) is 0 Å². The van der Waals surface area contributed by atoms with E-state index in [4.69, 9.17) is 9.52 Å². The smallest absolute Gasteiger partial charge is 0.228 e. The fraction of sp³-hybridized carbons (Fsp3) is 0.125. The van der Waals surface area contributed by atoms with Crippen LogP contribution in [0.1, 0.15) is 28.1 Å². The Bertz CT molecular complexity index is 1160. The van der Waals surface area contributed by atoms with Crippen molar-refractivity contribution < 1.29 is 24.5 Å². The molecular weight excluding hydrogens is 368 g/mol. The minimum atomic E-state index is -0.263. The van der Waals surface area contributed by atoms with Gasteiger partial charge in [-0.3, -0.25) is 4.79 Å². The van der Waals surface area contributed by atoms with Gasteiger partial charge >= 0.3 is 0 Å². The van der Waals surface area contributed by atoms with E-state index in [2.05, 4.69) is 0 Å². The molecule has 5 heteroatoms. The van der Waals surface area contributed by atoms with Crippen LogP contribution in [0, 0.1) is 0 Å². The zero-order chi connectivity index (χ0) is 20.4. The summed E-state index contributed by atoms with van der Waals surface area (Å²) < 4.78 is 5.92. The van der Waals surface area contributed by atoms with Crippen molar-refractivity contribution in [1.82, 2.24) is 0 Å². The van der Waals surface area contributed by atoms with Crippen LogP contribution in [0.25, 0.3) is 22.1 Å². The molecule has 5 nitrogen and oxygen atoms in total. The van der Waals surface area contributed by atoms with Crippen LogP contribution in [0.4, 0.5) is 0 Å². The summed E-state index contributed by atoms with van der Waals surface area (Å²) in [5, 5.41) is 29.8. The monoisotopic (exact) mass is 388 g/mol. The number of ketones is 1. The minimum Gasteiger partial charge on any atom is -0.508 e. The van der Waals surface area contributed by atoms with Crippen molar-refractivity contribution in [2.45, 2.75) is 12.8 Å². The van der Waals surface area contributed by atoms with Crippen LogP contribution >= 0.6 is 0 Å². The Morgan fingerprint density at radius 3 is 2.34 bits per heavy atom. The molecular formula is C24H20O5. The first-order valence-electron chi connectivity index (χ1n) is 9.37. The molecule has 0 unspecified atom stereocenters. The second-order valence-corrected chi connectivity index (χ2v) is 6.85. The van der Waals surface area contributed by atoms with Gasteiger partial charge in [-0.2, -0.15) is 0 Å². The average Bonchev–Trinajstić information content (AvgIpc) is 3.10. The number of phenolic OH excluding ortho intramolecular Hbond substituents is 2. The number of carbonyl (C=O) groups excluding carboxylic acids is 1. The number of hydrogen-bond donors (Lipinski definition) is 3. The summed E-state index contributed by atoms with van der Waals surface area (Å²) in [6.07, 6.45) is 1.02. The highest BCUT2D eigenvalue weighted by Gasteiger charge is 2.24. The van der Waals surface area contributed by atoms with Gasteiger partial charge in [-0.1, -0.05) is 42.5 Å². The topological polar surface area (TPSA) is 90.9 Å². The van der Waals surface area contributed by atoms with Crippen molar-refractivity contribution in [2.24, 2.45) is 0 Å². The van der Waals surface area contributed by atoms with E-state index in [0.29, 0.717) is 40.5 Å². The molecule has 0 atom stereocenters. The van der Waals surface area contributed by atoms with Gasteiger partial charge in [0.1, 0.15) is 17.1 Å². The molecule has 29 heavy (non-hydrogen) atoms. The Balaban J connectivity index is 1.95. The molecule has 0 spiro atoms. The predicted molar refractivity (Wildman–Crippen MR) is 110 cm³/mol. The Kier molecular flexibility index (Phi) is 5.06. The lowest BCUT2D eigenvalue weighted by Gasteiger charge is -2.06. The van der Waals surface area contributed by atoms with Crippen LogP contribution in [0.5, 0.6) is 11.5 Å². The minimum absolute atomic E-state index is 0.0193. The van der Waals surface area contributed by atoms with Gasteiger partial charge in [0.05, 0.1) is 0 Å². The summed E-state index contributed by atoms with van der Waals surface area (Å²) in [4.78, 5) is 13.2. The van der Waals surface area contributed by atoms with Crippen molar-refractivity contribution in [3.63, 3.8) is 0 Å². The number of aliphatic hydroxyl groups excluding tert-OH is 1. The van der Waals surface area contributed by atoms with Gasteiger partial charge in [-0.05, 0) is 42.2 Å². The molecule has 0 saturated carbocycles. The molecule has 0 saturated heterocycles. The third-order valence-corrected chi connectivity index (χ3v) is 4.89. The SMILES string of the molecule is O=C(c1ccccc1)c1oc2cc(O)c(CCCO)cc2c1-c1ccc(O)cc1. The van der Waals surface area contributed by atoms with Crippen molar-refractivity contribution >= 4 is 16.8 Å². The first kappa shape index (κ1) is 18.8. The molecule has 1 heterocycles. The summed E-state index contributed by atoms with van der Waals surface area (Å²) in [6.45, 7) is 0.0193. The highest BCUT2D eigenvalue weighted by atomic mass is 16.3. The summed E-state index contributed by atoms with van der Waals surface area (Å²) >= 11 is 0. The zero-order valence-corrected chi connectivity index (χ0v) is 15.6. The van der Waals surface area contributed by atoms with Crippen LogP contribution in [0.15, 0.2) is 71.1 Å². The fourth-order valence-electron chi connectivity index (χ4n) is 3.44. The fourth-order valence-corrected chi connectivity index (χ4v) is 3.44. The van der Waals surface area contributed by atoms with Crippen molar-refractivity contribution in [1.29, 1.82) is 0 Å². The highest BCUT2D eigenvalue weighted by molar-refractivity contribution is 6.15. The number of rotatable bonds is 6. The molecule has 0 aliphatic heterocycles. The van der Waals surface area contributed by atoms with E-state index in [1.807, 2.05) is 6.07 Å². The third-order valence-electron chi connectivity index (χ3n) is 4.89. The van der Waals surface area contributed by atoms with E-state index in [-0.39, 0.29) is 29.6 Å². The maximum absolute atomic E-state index is 13.2. The molecule has 0 bridgehead atoms. The molecule has 146 valence electrons. The summed E-state index contributed by atoms with van der Waals surface area (Å²) in [7, 11) is 0. The second-order valence-electron chi connectivity index (χ2n) is 6.85. The first-order chi connectivity index (χ1) is 14.1. The Morgan fingerprint density at radius 2 is 1.66 bits per heavy atom. The number of aliphatic hydroxyl groups is 1. The highest BCUT2D eigenvalue weighted by Crippen LogP contribution is 2.39. The maximum Gasteiger partial charge on any atom is 0.228 e. The van der Waals surface area contributed by atoms with Crippen LogP contribution in [-0.4, -0.2) is 27.7 Å². The van der Waals surface area contributed by atoms with Gasteiger partial charge in [0.25, 0.3) is 0 Å². The second kappa shape index (κ2) is 7.81. The van der Waals surface area contributed by atoms with Crippen LogP contribution in [-0.2, 0) is 6.42 Å². The number of fused-ring (bicyclic) bond motifs is 1. The Labute approximate surface area is 167 Å². The zero-order valence-electron chi connectivity index (χ0n) is 15.6. The van der Waals surface area contributed by atoms with E-state index in [1.54, 1.807) is 54.6 Å². The Hall–Kier alpha value is -3.57. The standard InChI is InChI=1S/C24H20O5/c25-12-4-7-17-13-19-21(14-20(17)27)29-24(23(28)16-5-2-1-3-6-16)22(19)15-8-10-18(26)11-9-15/h1-3,5-6,8-11,13-14,25-27H,4,7,12H2. The van der Waals surface area contributed by atoms with E-state index in [1.165, 1.54) is 6.07 Å². The van der Waals surface area contributed by atoms with Crippen molar-refractivity contribution in [2.75, 3.05) is 6.61 Å². The summed E-state index contributed by atoms with van der Waals surface area (Å²) in [5.74, 6) is 0.103. The number of carbonyl (C=O) groups is 1. The number of hydrogen-bond acceptors (Lipinski definition) is 5. The molecule has 1 aromatic heterocycles. The van der Waals surface area contributed by atoms with E-state index < -0.39 is 0 Å². The van der Waals surface area contributed by atoms with Crippen LogP contribution in [0.2, 0.25) is 0 Å². The van der Waals surface area contributed by atoms with Gasteiger partial charge in [0.2, 0.25) is 5.78 Å². The molecule has 3 N–H and O–H groups in total. The quantitative estimate of drug-likeness (QED) is 0.418. The lowest BCUT2D eigenvalue weighted by Crippen LogP contribution is -2.01. The first-order valence-corrected chi connectivity index (χ1v) is 9.37. The molecule has 3 aromatic carbocycles. The lowest BCUT2D eigenvalue weighted by atomic mass is 9.96. The van der Waals surface area contributed by atoms with E-state index in [0.717, 1.165) is 5.56 Å². The molecule has 0 fully saturated rings. The summed E-state index contributed by atoms with van der Waals surface area (Å²) in [6, 6.07) is 18.7. The molecule has 0 aliphatic carbocycles. The maximum atomic E-state index is 13.2. The van der Waals surface area contributed by atoms with Gasteiger partial charge in [0, 0.05) is 29.2 Å². The van der Waals surface area contributed by atoms with E-state index in [9.17, 15) is 15.0 Å². The van der Waals surface area contributed by atoms with Gasteiger partial charge < -0.3 is 19.7 Å². The molecule has 0 aliphatic rings. The van der Waals surface area contributed by atoms with Gasteiger partial charge in [0.15, 0.2) is 5.76 Å².